The number of hydrogen-bond donors (Lipinski definition) is 0. The summed E-state index contributed by atoms with van der Waals surface area (Å²) in [5.41, 5.74) is 0.950. The molecule has 0 bridgehead atoms. The minimum absolute atomic E-state index is 0.350. The van der Waals surface area contributed by atoms with Gasteiger partial charge in [0.05, 0.1) is 13.7 Å². The number of carbonyl (C=O) groups excluding carboxylic acids is 1. The maximum atomic E-state index is 11.0. The Balaban J connectivity index is 2.46. The Bertz CT molecular complexity index is 434. The number of ether oxygens (including phenoxy) is 2. The number of unbranched alkanes of at least 4 members (excludes halogenated alkanes) is 1. The third-order valence-electron chi connectivity index (χ3n) is 3.52. The first-order valence-electron chi connectivity index (χ1n) is 7.68. The zero-order chi connectivity index (χ0) is 15.5. The van der Waals surface area contributed by atoms with Crippen molar-refractivity contribution >= 4 is 12.0 Å². The van der Waals surface area contributed by atoms with Gasteiger partial charge in [0.2, 0.25) is 0 Å². The molecular formula is C18H26O3. The fraction of sp³-hybridized carbons (Fsp3) is 0.500. The van der Waals surface area contributed by atoms with Gasteiger partial charge in [-0.15, -0.1) is 0 Å². The van der Waals surface area contributed by atoms with Gasteiger partial charge in [-0.25, -0.2) is 4.79 Å². The minimum Gasteiger partial charge on any atom is -0.493 e. The molecule has 1 aromatic carbocycles. The lowest BCUT2D eigenvalue weighted by Gasteiger charge is -2.15. The van der Waals surface area contributed by atoms with Crippen LogP contribution in [0.25, 0.3) is 6.08 Å². The highest BCUT2D eigenvalue weighted by Gasteiger charge is 2.06. The van der Waals surface area contributed by atoms with E-state index in [0.717, 1.165) is 24.3 Å². The van der Waals surface area contributed by atoms with Crippen LogP contribution in [0.4, 0.5) is 0 Å². The summed E-state index contributed by atoms with van der Waals surface area (Å²) >= 11 is 0. The summed E-state index contributed by atoms with van der Waals surface area (Å²) in [7, 11) is 1.37. The summed E-state index contributed by atoms with van der Waals surface area (Å²) in [6.45, 7) is 5.20. The van der Waals surface area contributed by atoms with Gasteiger partial charge in [-0.05, 0) is 36.1 Å². The zero-order valence-electron chi connectivity index (χ0n) is 13.3. The monoisotopic (exact) mass is 290 g/mol. The molecule has 0 aliphatic heterocycles. The molecule has 0 N–H and O–H groups in total. The molecule has 0 radical (unpaired) electrons. The Morgan fingerprint density at radius 1 is 1.24 bits per heavy atom. The maximum absolute atomic E-state index is 11.0. The molecule has 0 heterocycles. The van der Waals surface area contributed by atoms with Crippen molar-refractivity contribution in [2.45, 2.75) is 39.5 Å². The third-order valence-corrected chi connectivity index (χ3v) is 3.52. The molecule has 0 spiro atoms. The van der Waals surface area contributed by atoms with E-state index in [1.807, 2.05) is 24.3 Å². The van der Waals surface area contributed by atoms with E-state index >= 15 is 0 Å². The first-order chi connectivity index (χ1) is 10.2. The van der Waals surface area contributed by atoms with Gasteiger partial charge >= 0.3 is 5.97 Å². The predicted molar refractivity (Wildman–Crippen MR) is 86.3 cm³/mol. The molecule has 1 rings (SSSR count). The number of rotatable bonds is 9. The summed E-state index contributed by atoms with van der Waals surface area (Å²) < 4.78 is 10.4. The molecule has 116 valence electrons. The van der Waals surface area contributed by atoms with Gasteiger partial charge in [0.15, 0.2) is 0 Å². The lowest BCUT2D eigenvalue weighted by Crippen LogP contribution is -2.11. The van der Waals surface area contributed by atoms with Gasteiger partial charge in [0.25, 0.3) is 0 Å². The minimum atomic E-state index is -0.350. The molecule has 1 atom stereocenters. The quantitative estimate of drug-likeness (QED) is 0.497. The van der Waals surface area contributed by atoms with E-state index in [2.05, 4.69) is 18.6 Å². The third kappa shape index (κ3) is 6.98. The molecule has 0 saturated heterocycles. The number of hydrogen-bond acceptors (Lipinski definition) is 3. The average molecular weight is 290 g/mol. The lowest BCUT2D eigenvalue weighted by atomic mass is 10.0. The van der Waals surface area contributed by atoms with Crippen LogP contribution < -0.4 is 4.74 Å². The van der Waals surface area contributed by atoms with Crippen LogP contribution >= 0.6 is 0 Å². The topological polar surface area (TPSA) is 35.5 Å². The molecule has 0 fully saturated rings. The van der Waals surface area contributed by atoms with Crippen molar-refractivity contribution in [1.29, 1.82) is 0 Å². The molecule has 3 heteroatoms. The Kier molecular flexibility index (Phi) is 8.25. The van der Waals surface area contributed by atoms with Gasteiger partial charge in [0, 0.05) is 6.08 Å². The second-order valence-electron chi connectivity index (χ2n) is 5.15. The van der Waals surface area contributed by atoms with Crippen LogP contribution in [-0.4, -0.2) is 19.7 Å². The molecule has 0 saturated carbocycles. The Hall–Kier alpha value is -1.77. The fourth-order valence-electron chi connectivity index (χ4n) is 2.02. The van der Waals surface area contributed by atoms with E-state index in [9.17, 15) is 4.79 Å². The van der Waals surface area contributed by atoms with Crippen LogP contribution in [-0.2, 0) is 9.53 Å². The number of esters is 1. The second-order valence-corrected chi connectivity index (χ2v) is 5.15. The molecular weight excluding hydrogens is 264 g/mol. The second kappa shape index (κ2) is 10.0. The van der Waals surface area contributed by atoms with Crippen LogP contribution in [0, 0.1) is 5.92 Å². The van der Waals surface area contributed by atoms with E-state index in [0.29, 0.717) is 5.92 Å². The summed E-state index contributed by atoms with van der Waals surface area (Å²) in [5, 5.41) is 0. The van der Waals surface area contributed by atoms with Crippen molar-refractivity contribution in [1.82, 2.24) is 0 Å². The van der Waals surface area contributed by atoms with Gasteiger partial charge in [0.1, 0.15) is 5.75 Å². The average Bonchev–Trinajstić information content (AvgIpc) is 2.53. The summed E-state index contributed by atoms with van der Waals surface area (Å²) in [6.07, 6.45) is 8.02. The maximum Gasteiger partial charge on any atom is 0.330 e. The van der Waals surface area contributed by atoms with Crippen LogP contribution in [0.5, 0.6) is 5.75 Å². The van der Waals surface area contributed by atoms with Gasteiger partial charge in [-0.1, -0.05) is 45.2 Å². The van der Waals surface area contributed by atoms with Crippen LogP contribution in [0.15, 0.2) is 30.3 Å². The first-order valence-corrected chi connectivity index (χ1v) is 7.68. The van der Waals surface area contributed by atoms with Gasteiger partial charge in [-0.3, -0.25) is 0 Å². The Labute approximate surface area is 128 Å². The van der Waals surface area contributed by atoms with E-state index < -0.39 is 0 Å². The largest absolute Gasteiger partial charge is 0.493 e. The van der Waals surface area contributed by atoms with E-state index in [1.165, 1.54) is 32.4 Å². The predicted octanol–water partition coefficient (Wildman–Crippen LogP) is 4.47. The van der Waals surface area contributed by atoms with E-state index in [4.69, 9.17) is 4.74 Å². The summed E-state index contributed by atoms with van der Waals surface area (Å²) in [6, 6.07) is 7.73. The number of carbonyl (C=O) groups is 1. The molecule has 0 aliphatic rings. The van der Waals surface area contributed by atoms with E-state index in [-0.39, 0.29) is 5.97 Å². The molecule has 3 nitrogen and oxygen atoms in total. The molecule has 21 heavy (non-hydrogen) atoms. The smallest absolute Gasteiger partial charge is 0.330 e. The highest BCUT2D eigenvalue weighted by molar-refractivity contribution is 5.86. The van der Waals surface area contributed by atoms with Gasteiger partial charge in [-0.2, -0.15) is 0 Å². The van der Waals surface area contributed by atoms with Crippen molar-refractivity contribution in [3.63, 3.8) is 0 Å². The van der Waals surface area contributed by atoms with Crippen molar-refractivity contribution in [3.05, 3.63) is 35.9 Å². The van der Waals surface area contributed by atoms with Crippen molar-refractivity contribution in [2.24, 2.45) is 5.92 Å². The van der Waals surface area contributed by atoms with Crippen molar-refractivity contribution in [3.8, 4) is 5.75 Å². The fourth-order valence-corrected chi connectivity index (χ4v) is 2.02. The van der Waals surface area contributed by atoms with Crippen LogP contribution in [0.1, 0.15) is 45.1 Å². The lowest BCUT2D eigenvalue weighted by molar-refractivity contribution is -0.134. The standard InChI is InChI=1S/C18H26O3/c1-4-6-7-15(5-2)14-21-17-11-8-16(9-12-17)10-13-18(19)20-3/h8-13,15H,4-7,14H2,1-3H3. The zero-order valence-corrected chi connectivity index (χ0v) is 13.3. The molecule has 1 aromatic rings. The van der Waals surface area contributed by atoms with Crippen molar-refractivity contribution in [2.75, 3.05) is 13.7 Å². The van der Waals surface area contributed by atoms with Crippen LogP contribution in [0.3, 0.4) is 0 Å². The number of methoxy groups -OCH3 is 1. The molecule has 0 aliphatic carbocycles. The highest BCUT2D eigenvalue weighted by Crippen LogP contribution is 2.17. The van der Waals surface area contributed by atoms with Crippen LogP contribution in [0.2, 0.25) is 0 Å². The SMILES string of the molecule is CCCCC(CC)COc1ccc(C=CC(=O)OC)cc1. The number of benzene rings is 1. The highest BCUT2D eigenvalue weighted by atomic mass is 16.5. The molecule has 0 amide bonds. The first kappa shape index (κ1) is 17.3. The normalized spacial score (nSPS) is 12.3. The summed E-state index contributed by atoms with van der Waals surface area (Å²) in [5.74, 6) is 1.15. The van der Waals surface area contributed by atoms with Crippen molar-refractivity contribution < 1.29 is 14.3 Å². The Morgan fingerprint density at radius 2 is 1.95 bits per heavy atom. The molecule has 1 unspecified atom stereocenters. The summed E-state index contributed by atoms with van der Waals surface area (Å²) in [4.78, 5) is 11.0. The molecule has 0 aromatic heterocycles. The van der Waals surface area contributed by atoms with E-state index in [1.54, 1.807) is 6.08 Å². The Morgan fingerprint density at radius 3 is 2.52 bits per heavy atom. The van der Waals surface area contributed by atoms with Gasteiger partial charge < -0.3 is 9.47 Å².